The number of aliphatic hydroxyl groups is 1. The van der Waals surface area contributed by atoms with E-state index in [0.29, 0.717) is 43.5 Å². The highest BCUT2D eigenvalue weighted by molar-refractivity contribution is 7.86. The molecule has 502 valence electrons. The Balaban J connectivity index is 0.984. The summed E-state index contributed by atoms with van der Waals surface area (Å²) in [7, 11) is -25.2. The Bertz CT molecular complexity index is 4240. The van der Waals surface area contributed by atoms with E-state index in [1.165, 1.54) is 43.5 Å². The van der Waals surface area contributed by atoms with Crippen LogP contribution in [0.25, 0.3) is 0 Å². The lowest BCUT2D eigenvalue weighted by Crippen LogP contribution is -2.35. The maximum absolute atomic E-state index is 13.1. The van der Waals surface area contributed by atoms with Crippen molar-refractivity contribution in [3.05, 3.63) is 137 Å². The van der Waals surface area contributed by atoms with Gasteiger partial charge in [0.2, 0.25) is 11.6 Å². The molecule has 3 aliphatic rings. The predicted octanol–water partition coefficient (Wildman–Crippen LogP) is 5.97. The number of H-pyrrole nitrogens is 1. The molecule has 36 heteroatoms. The molecule has 7 rings (SSSR count). The number of carbonyl (C=O) groups excluding carboxylic acids is 1. The second-order valence-electron chi connectivity index (χ2n) is 23.7. The molecule has 92 heavy (non-hydrogen) atoms. The SMILES string of the molecule is CC[N+]1=C(/C=C/C=C2/N(CCCCCC(=O)NCC#Cc3cc([N+](=O)[O-])c([C@@H](OCc4cn([C@H]5C[C@@H](O)[C@@H](COP(=O)(O)OP(=O)(O)OP(=O)([O-])O)O5)c(=O)[nH]c4=O)C(C)(C)C)cc3OC)c3ccc(S(=O)(=O)O)cc3C2(C)C)C(C)(C)c2cc(S(=O)(=O)O)ccc21. The van der Waals surface area contributed by atoms with Gasteiger partial charge in [-0.2, -0.15) is 25.7 Å². The number of phosphoric acid groups is 3. The summed E-state index contributed by atoms with van der Waals surface area (Å²) >= 11 is 0. The zero-order valence-corrected chi connectivity index (χ0v) is 55.5. The van der Waals surface area contributed by atoms with Gasteiger partial charge in [0.05, 0.1) is 75.9 Å². The number of allylic oxidation sites excluding steroid dienone is 4. The standard InChI is InChI=1S/C56H71N6O25P3S2/c1-10-59-41-22-20-36(91(76,77)78)27-39(41)55(5,6)47(59)17-14-18-48-56(7,8)40-28-37(92(79,80)81)21-23-42(40)60(48)25-13-11-12-19-49(64)57-24-15-16-34-26-43(62(67)68)38(29-45(34)82-9)51(54(2,3)4)83-32-35-31-61(53(66)58-52(35)65)50-30-44(63)46(85-50)33-84-89(72,73)87-90(74,75)86-88(69,70)71/h14,17-18,20-23,26-29,31,44,46,50-51,63H,10-13,19,24-25,30,32-33H2,1-9H3,(H7-,57,58,64,65,66,69,70,71,72,73,74,75,76,77,78,79,80,81)/t44-,46-,50-,51-/m1/s1. The Morgan fingerprint density at radius 1 is 0.957 bits per heavy atom. The van der Waals surface area contributed by atoms with Crippen molar-refractivity contribution in [1.82, 2.24) is 14.9 Å². The fourth-order valence-corrected chi connectivity index (χ4v) is 15.1. The third kappa shape index (κ3) is 17.3. The molecule has 1 amide bonds. The summed E-state index contributed by atoms with van der Waals surface area (Å²) in [6.45, 7) is 14.1. The van der Waals surface area contributed by atoms with Crippen molar-refractivity contribution in [3.63, 3.8) is 0 Å². The van der Waals surface area contributed by atoms with E-state index < -0.39 is 126 Å². The van der Waals surface area contributed by atoms with Crippen molar-refractivity contribution in [3.8, 4) is 17.6 Å². The first-order valence-corrected chi connectivity index (χ1v) is 35.6. The summed E-state index contributed by atoms with van der Waals surface area (Å²) in [6, 6.07) is 11.5. The van der Waals surface area contributed by atoms with Gasteiger partial charge in [-0.25, -0.2) is 18.2 Å². The van der Waals surface area contributed by atoms with Crippen molar-refractivity contribution in [2.24, 2.45) is 5.41 Å². The number of hydrogen-bond donors (Lipinski definition) is 8. The number of unbranched alkanes of at least 4 members (excludes halogenated alkanes) is 2. The molecule has 0 aliphatic carbocycles. The number of nitrogens with zero attached hydrogens (tertiary/aromatic N) is 4. The predicted molar refractivity (Wildman–Crippen MR) is 327 cm³/mol. The first-order valence-electron chi connectivity index (χ1n) is 28.2. The summed E-state index contributed by atoms with van der Waals surface area (Å²) in [5.41, 5.74) is -0.315. The summed E-state index contributed by atoms with van der Waals surface area (Å²) in [5.74, 6) is 5.39. The summed E-state index contributed by atoms with van der Waals surface area (Å²) in [5, 5.41) is 26.1. The normalized spacial score (nSPS) is 20.6. The molecular weight excluding hydrogens is 1310 g/mol. The van der Waals surface area contributed by atoms with E-state index in [2.05, 4.69) is 44.8 Å². The minimum absolute atomic E-state index is 0.00865. The first-order chi connectivity index (χ1) is 42.5. The zero-order chi connectivity index (χ0) is 68.5. The molecule has 7 atom stereocenters. The number of amides is 1. The quantitative estimate of drug-likeness (QED) is 0.00682. The number of aliphatic hydroxyl groups excluding tert-OH is 1. The lowest BCUT2D eigenvalue weighted by Gasteiger charge is -2.31. The molecule has 3 unspecified atom stereocenters. The molecule has 0 saturated carbocycles. The summed E-state index contributed by atoms with van der Waals surface area (Å²) in [4.78, 5) is 93.7. The molecule has 3 aromatic carbocycles. The number of ether oxygens (including phenoxy) is 3. The van der Waals surface area contributed by atoms with Crippen LogP contribution in [0, 0.1) is 27.4 Å². The lowest BCUT2D eigenvalue weighted by atomic mass is 9.81. The maximum atomic E-state index is 13.1. The molecule has 4 aromatic rings. The molecule has 1 aromatic heterocycles. The Morgan fingerprint density at radius 3 is 2.22 bits per heavy atom. The van der Waals surface area contributed by atoms with Gasteiger partial charge < -0.3 is 49.1 Å². The Hall–Kier alpha value is -6.37. The number of methoxy groups -OCH3 is 1. The van der Waals surface area contributed by atoms with Crippen LogP contribution in [-0.2, 0) is 78.8 Å². The Labute approximate surface area is 528 Å². The van der Waals surface area contributed by atoms with E-state index in [-0.39, 0.29) is 51.1 Å². The fourth-order valence-electron chi connectivity index (χ4n) is 11.1. The van der Waals surface area contributed by atoms with Gasteiger partial charge in [-0.1, -0.05) is 59.0 Å². The average molecular weight is 1390 g/mol. The summed E-state index contributed by atoms with van der Waals surface area (Å²) in [6.07, 6.45) is 2.51. The zero-order valence-electron chi connectivity index (χ0n) is 51.2. The smallest absolute Gasteiger partial charge is 0.487 e. The lowest BCUT2D eigenvalue weighted by molar-refractivity contribution is -0.433. The minimum atomic E-state index is -5.93. The van der Waals surface area contributed by atoms with Crippen molar-refractivity contribution < 1.29 is 106 Å². The van der Waals surface area contributed by atoms with Crippen molar-refractivity contribution in [2.45, 2.75) is 139 Å². The first kappa shape index (κ1) is 73.0. The Morgan fingerprint density at radius 2 is 1.61 bits per heavy atom. The van der Waals surface area contributed by atoms with Crippen LogP contribution in [0.1, 0.15) is 128 Å². The number of nitro benzene ring substituents is 1. The molecule has 31 nitrogen and oxygen atoms in total. The van der Waals surface area contributed by atoms with Crippen molar-refractivity contribution >= 4 is 72.4 Å². The number of aromatic amines is 1. The van der Waals surface area contributed by atoms with Crippen LogP contribution < -0.4 is 31.1 Å². The van der Waals surface area contributed by atoms with Crippen molar-refractivity contribution in [2.75, 3.05) is 38.3 Å². The van der Waals surface area contributed by atoms with E-state index in [4.69, 9.17) is 19.1 Å². The largest absolute Gasteiger partial charge is 0.756 e. The fraction of sp³-hybridized carbons (Fsp3) is 0.464. The van der Waals surface area contributed by atoms with E-state index in [0.717, 1.165) is 33.5 Å². The van der Waals surface area contributed by atoms with Crippen LogP contribution in [-0.4, -0.2) is 122 Å². The van der Waals surface area contributed by atoms with Crippen LogP contribution in [0.2, 0.25) is 0 Å². The summed E-state index contributed by atoms with van der Waals surface area (Å²) < 4.78 is 135. The molecule has 4 heterocycles. The van der Waals surface area contributed by atoms with Gasteiger partial charge in [0, 0.05) is 66.2 Å². The number of carbonyl (C=O) groups is 1. The topological polar surface area (TPSA) is 453 Å². The molecule has 1 saturated heterocycles. The molecule has 8 N–H and O–H groups in total. The van der Waals surface area contributed by atoms with Crippen LogP contribution in [0.4, 0.5) is 17.1 Å². The van der Waals surface area contributed by atoms with Crippen LogP contribution >= 0.6 is 23.5 Å². The number of nitrogens with one attached hydrogen (secondary N) is 2. The van der Waals surface area contributed by atoms with Gasteiger partial charge in [-0.15, -0.1) is 0 Å². The van der Waals surface area contributed by atoms with Gasteiger partial charge in [0.1, 0.15) is 24.6 Å². The van der Waals surface area contributed by atoms with E-state index in [9.17, 15) is 83.9 Å². The molecular formula is C56H71N6O25P3S2. The third-order valence-electron chi connectivity index (χ3n) is 15.4. The van der Waals surface area contributed by atoms with Crippen LogP contribution in [0.5, 0.6) is 5.75 Å². The molecule has 0 spiro atoms. The van der Waals surface area contributed by atoms with Gasteiger partial charge in [-0.05, 0) is 87.1 Å². The molecule has 1 fully saturated rings. The van der Waals surface area contributed by atoms with Gasteiger partial charge in [0.25, 0.3) is 39.3 Å². The molecule has 0 bridgehead atoms. The number of phosphoric ester groups is 1. The highest BCUT2D eigenvalue weighted by Gasteiger charge is 2.46. The number of hydrogen-bond acceptors (Lipinski definition) is 21. The number of aromatic nitrogens is 2. The number of benzene rings is 3. The Kier molecular flexibility index (Phi) is 22.2. The van der Waals surface area contributed by atoms with Crippen LogP contribution in [0.15, 0.2) is 98.0 Å². The van der Waals surface area contributed by atoms with Gasteiger partial charge in [-0.3, -0.25) is 47.4 Å². The minimum Gasteiger partial charge on any atom is -0.756 e. The van der Waals surface area contributed by atoms with E-state index >= 15 is 0 Å². The van der Waals surface area contributed by atoms with E-state index in [1.807, 2.05) is 52.8 Å². The number of anilines is 1. The molecule has 3 aliphatic heterocycles. The van der Waals surface area contributed by atoms with Crippen LogP contribution in [0.3, 0.4) is 0 Å². The monoisotopic (exact) mass is 1380 g/mol. The number of nitro groups is 1. The van der Waals surface area contributed by atoms with Gasteiger partial charge >= 0.3 is 21.3 Å². The highest BCUT2D eigenvalue weighted by atomic mass is 32.2. The third-order valence-corrected chi connectivity index (χ3v) is 20.9. The van der Waals surface area contributed by atoms with Crippen molar-refractivity contribution in [1.29, 1.82) is 0 Å². The highest BCUT2D eigenvalue weighted by Crippen LogP contribution is 2.65. The number of rotatable bonds is 26. The second-order valence-corrected chi connectivity index (χ2v) is 30.9. The maximum Gasteiger partial charge on any atom is 0.487 e. The second kappa shape index (κ2) is 27.9. The van der Waals surface area contributed by atoms with E-state index in [1.54, 1.807) is 32.9 Å². The average Bonchev–Trinajstić information content (AvgIpc) is 1.57. The van der Waals surface area contributed by atoms with Gasteiger partial charge in [0.15, 0.2) is 5.71 Å². The molecule has 0 radical (unpaired) electrons. The number of fused-ring (bicyclic) bond motifs is 2.